The molecule has 4 heteroatoms. The highest BCUT2D eigenvalue weighted by Gasteiger charge is 2.25. The summed E-state index contributed by atoms with van der Waals surface area (Å²) in [6, 6.07) is 8.80. The van der Waals surface area contributed by atoms with Crippen LogP contribution in [0.1, 0.15) is 24.0 Å². The number of anilines is 1. The monoisotopic (exact) mass is 282 g/mol. The lowest BCUT2D eigenvalue weighted by atomic mass is 10.0. The fraction of sp³-hybridized carbons (Fsp3) is 0.412. The average Bonchev–Trinajstić information content (AvgIpc) is 2.99. The maximum atomic E-state index is 5.85. The Balaban J connectivity index is 1.94. The van der Waals surface area contributed by atoms with Gasteiger partial charge in [0.05, 0.1) is 5.69 Å². The van der Waals surface area contributed by atoms with Gasteiger partial charge in [-0.15, -0.1) is 0 Å². The summed E-state index contributed by atoms with van der Waals surface area (Å²) in [6.45, 7) is 5.92. The fourth-order valence-corrected chi connectivity index (χ4v) is 2.89. The minimum Gasteiger partial charge on any atom is -0.337 e. The van der Waals surface area contributed by atoms with E-state index >= 15 is 0 Å². The van der Waals surface area contributed by atoms with Crippen molar-refractivity contribution in [2.24, 2.45) is 5.73 Å². The molecule has 2 N–H and O–H groups in total. The zero-order valence-corrected chi connectivity index (χ0v) is 12.7. The van der Waals surface area contributed by atoms with Crippen molar-refractivity contribution in [1.82, 2.24) is 9.97 Å². The number of aromatic nitrogens is 2. The molecule has 0 aliphatic carbocycles. The van der Waals surface area contributed by atoms with Crippen LogP contribution in [-0.2, 0) is 0 Å². The van der Waals surface area contributed by atoms with Crippen LogP contribution in [0.25, 0.3) is 11.3 Å². The molecule has 4 nitrogen and oxygen atoms in total. The van der Waals surface area contributed by atoms with Gasteiger partial charge in [0.2, 0.25) is 5.95 Å². The number of nitrogens with two attached hydrogens (primary N) is 1. The van der Waals surface area contributed by atoms with E-state index in [1.807, 2.05) is 12.3 Å². The molecule has 2 aromatic rings. The minimum atomic E-state index is 0.375. The zero-order valence-electron chi connectivity index (χ0n) is 12.7. The molecule has 1 atom stereocenters. The van der Waals surface area contributed by atoms with Gasteiger partial charge in [-0.2, -0.15) is 0 Å². The van der Waals surface area contributed by atoms with E-state index in [4.69, 9.17) is 10.7 Å². The van der Waals surface area contributed by atoms with Crippen molar-refractivity contribution in [3.63, 3.8) is 0 Å². The van der Waals surface area contributed by atoms with E-state index in [1.54, 1.807) is 0 Å². The van der Waals surface area contributed by atoms with Gasteiger partial charge in [-0.3, -0.25) is 0 Å². The average molecular weight is 282 g/mol. The molecule has 0 bridgehead atoms. The molecule has 1 fully saturated rings. The van der Waals surface area contributed by atoms with Crippen LogP contribution in [0.2, 0.25) is 0 Å². The molecule has 0 spiro atoms. The molecule has 2 heterocycles. The van der Waals surface area contributed by atoms with Crippen LogP contribution >= 0.6 is 0 Å². The number of hydrogen-bond donors (Lipinski definition) is 1. The van der Waals surface area contributed by atoms with Gasteiger partial charge in [0, 0.05) is 30.9 Å². The van der Waals surface area contributed by atoms with Gasteiger partial charge >= 0.3 is 0 Å². The molecule has 0 amide bonds. The Morgan fingerprint density at radius 1 is 1.24 bits per heavy atom. The third kappa shape index (κ3) is 2.76. The Morgan fingerprint density at radius 2 is 2.10 bits per heavy atom. The summed E-state index contributed by atoms with van der Waals surface area (Å²) in [6.07, 6.45) is 4.14. The van der Waals surface area contributed by atoms with Gasteiger partial charge in [-0.05, 0) is 49.9 Å². The van der Waals surface area contributed by atoms with E-state index in [2.05, 4.69) is 41.9 Å². The highest BCUT2D eigenvalue weighted by Crippen LogP contribution is 2.25. The predicted octanol–water partition coefficient (Wildman–Crippen LogP) is 2.69. The summed E-state index contributed by atoms with van der Waals surface area (Å²) < 4.78 is 0. The summed E-state index contributed by atoms with van der Waals surface area (Å²) in [5, 5.41) is 0. The Hall–Kier alpha value is -1.94. The molecular weight excluding hydrogens is 260 g/mol. The Labute approximate surface area is 126 Å². The van der Waals surface area contributed by atoms with Crippen molar-refractivity contribution < 1.29 is 0 Å². The van der Waals surface area contributed by atoms with E-state index in [-0.39, 0.29) is 0 Å². The molecule has 1 aromatic heterocycles. The largest absolute Gasteiger partial charge is 0.337 e. The topological polar surface area (TPSA) is 55.0 Å². The fourth-order valence-electron chi connectivity index (χ4n) is 2.89. The molecule has 1 unspecified atom stereocenters. The first kappa shape index (κ1) is 14.0. The molecule has 3 rings (SSSR count). The third-order valence-corrected chi connectivity index (χ3v) is 4.35. The van der Waals surface area contributed by atoms with Crippen molar-refractivity contribution in [3.8, 4) is 11.3 Å². The summed E-state index contributed by atoms with van der Waals surface area (Å²) in [7, 11) is 0. The third-order valence-electron chi connectivity index (χ3n) is 4.35. The second-order valence-electron chi connectivity index (χ2n) is 5.77. The van der Waals surface area contributed by atoms with Crippen LogP contribution in [-0.4, -0.2) is 29.1 Å². The number of benzene rings is 1. The highest BCUT2D eigenvalue weighted by molar-refractivity contribution is 5.62. The number of aryl methyl sites for hydroxylation is 2. The van der Waals surface area contributed by atoms with Gasteiger partial charge in [0.1, 0.15) is 0 Å². The second-order valence-corrected chi connectivity index (χ2v) is 5.77. The molecule has 1 aliphatic heterocycles. The molecule has 1 aromatic carbocycles. The number of rotatable bonds is 3. The molecule has 1 aliphatic rings. The van der Waals surface area contributed by atoms with Crippen LogP contribution < -0.4 is 10.6 Å². The SMILES string of the molecule is Cc1ccc(-c2ccnc(N3CCCC3CN)n2)cc1C. The maximum absolute atomic E-state index is 5.85. The second kappa shape index (κ2) is 5.82. The van der Waals surface area contributed by atoms with Gasteiger partial charge in [-0.1, -0.05) is 12.1 Å². The molecule has 110 valence electrons. The predicted molar refractivity (Wildman–Crippen MR) is 86.4 cm³/mol. The number of hydrogen-bond acceptors (Lipinski definition) is 4. The minimum absolute atomic E-state index is 0.375. The molecule has 0 saturated carbocycles. The van der Waals surface area contributed by atoms with Gasteiger partial charge < -0.3 is 10.6 Å². The van der Waals surface area contributed by atoms with E-state index < -0.39 is 0 Å². The first-order valence-electron chi connectivity index (χ1n) is 7.56. The lowest BCUT2D eigenvalue weighted by Crippen LogP contribution is -2.36. The van der Waals surface area contributed by atoms with E-state index in [0.717, 1.165) is 30.2 Å². The molecular formula is C17H22N4. The Morgan fingerprint density at radius 3 is 2.86 bits per heavy atom. The van der Waals surface area contributed by atoms with Crippen LogP contribution in [0.4, 0.5) is 5.95 Å². The Kier molecular flexibility index (Phi) is 3.88. The first-order chi connectivity index (χ1) is 10.2. The van der Waals surface area contributed by atoms with Crippen LogP contribution in [0.15, 0.2) is 30.5 Å². The van der Waals surface area contributed by atoms with Crippen molar-refractivity contribution >= 4 is 5.95 Å². The normalized spacial score (nSPS) is 18.2. The first-order valence-corrected chi connectivity index (χ1v) is 7.56. The summed E-state index contributed by atoms with van der Waals surface area (Å²) in [4.78, 5) is 11.4. The molecule has 21 heavy (non-hydrogen) atoms. The van der Waals surface area contributed by atoms with Crippen molar-refractivity contribution in [1.29, 1.82) is 0 Å². The summed E-state index contributed by atoms with van der Waals surface area (Å²) in [5.74, 6) is 0.804. The van der Waals surface area contributed by atoms with Crippen molar-refractivity contribution in [3.05, 3.63) is 41.6 Å². The lowest BCUT2D eigenvalue weighted by molar-refractivity contribution is 0.664. The van der Waals surface area contributed by atoms with Crippen LogP contribution in [0.3, 0.4) is 0 Å². The standard InChI is InChI=1S/C17H22N4/c1-12-5-6-14(10-13(12)2)16-7-8-19-17(20-16)21-9-3-4-15(21)11-18/h5-8,10,15H,3-4,9,11,18H2,1-2H3. The van der Waals surface area contributed by atoms with Crippen molar-refractivity contribution in [2.75, 3.05) is 18.0 Å². The summed E-state index contributed by atoms with van der Waals surface area (Å²) in [5.41, 5.74) is 10.6. The van der Waals surface area contributed by atoms with Gasteiger partial charge in [0.15, 0.2) is 0 Å². The van der Waals surface area contributed by atoms with Crippen LogP contribution in [0, 0.1) is 13.8 Å². The summed E-state index contributed by atoms with van der Waals surface area (Å²) >= 11 is 0. The lowest BCUT2D eigenvalue weighted by Gasteiger charge is -2.23. The maximum Gasteiger partial charge on any atom is 0.226 e. The van der Waals surface area contributed by atoms with E-state index in [0.29, 0.717) is 12.6 Å². The Bertz CT molecular complexity index is 638. The van der Waals surface area contributed by atoms with Crippen LogP contribution in [0.5, 0.6) is 0 Å². The van der Waals surface area contributed by atoms with Gasteiger partial charge in [0.25, 0.3) is 0 Å². The molecule has 0 radical (unpaired) electrons. The quantitative estimate of drug-likeness (QED) is 0.940. The number of nitrogens with zero attached hydrogens (tertiary/aromatic N) is 3. The van der Waals surface area contributed by atoms with Gasteiger partial charge in [-0.25, -0.2) is 9.97 Å². The zero-order chi connectivity index (χ0) is 14.8. The molecule has 1 saturated heterocycles. The van der Waals surface area contributed by atoms with E-state index in [9.17, 15) is 0 Å². The van der Waals surface area contributed by atoms with Crippen molar-refractivity contribution in [2.45, 2.75) is 32.7 Å². The smallest absolute Gasteiger partial charge is 0.226 e. The highest BCUT2D eigenvalue weighted by atomic mass is 15.3. The van der Waals surface area contributed by atoms with E-state index in [1.165, 1.54) is 17.5 Å².